The Morgan fingerprint density at radius 3 is 1.47 bits per heavy atom. The standard InChI is InChI=1S/C54H37N/c1-36-19-21-38(22-20-36)40-25-30-43(31-26-40)55(42-28-23-39(24-29-42)37-11-3-2-4-12-37)44-32-34-48-46-15-7-9-17-50(46)54(52(48)35-44)51-18-10-8-16-47(51)49-33-27-41-13-5-6-14-45(41)53(49)54/h2-35H,1H3. The van der Waals surface area contributed by atoms with Crippen LogP contribution in [-0.2, 0) is 5.41 Å². The van der Waals surface area contributed by atoms with Gasteiger partial charge >= 0.3 is 0 Å². The van der Waals surface area contributed by atoms with Crippen molar-refractivity contribution in [2.45, 2.75) is 12.3 Å². The number of hydrogen-bond acceptors (Lipinski definition) is 1. The molecule has 2 aliphatic carbocycles. The second-order valence-corrected chi connectivity index (χ2v) is 14.9. The van der Waals surface area contributed by atoms with Crippen LogP contribution in [0.3, 0.4) is 0 Å². The molecule has 9 aromatic carbocycles. The van der Waals surface area contributed by atoms with Crippen molar-refractivity contribution in [3.63, 3.8) is 0 Å². The number of fused-ring (bicyclic) bond motifs is 12. The first kappa shape index (κ1) is 31.6. The number of anilines is 3. The molecular formula is C54H37N. The van der Waals surface area contributed by atoms with Gasteiger partial charge in [0.25, 0.3) is 0 Å². The molecule has 9 aromatic rings. The highest BCUT2D eigenvalue weighted by Gasteiger charge is 2.52. The Kier molecular flexibility index (Phi) is 7.06. The van der Waals surface area contributed by atoms with Crippen LogP contribution in [0.1, 0.15) is 27.8 Å². The summed E-state index contributed by atoms with van der Waals surface area (Å²) < 4.78 is 0. The van der Waals surface area contributed by atoms with Gasteiger partial charge in [0.2, 0.25) is 0 Å². The van der Waals surface area contributed by atoms with Crippen molar-refractivity contribution in [1.82, 2.24) is 0 Å². The molecule has 0 aliphatic heterocycles. The van der Waals surface area contributed by atoms with Crippen LogP contribution < -0.4 is 4.90 Å². The van der Waals surface area contributed by atoms with Gasteiger partial charge in [0, 0.05) is 17.1 Å². The third kappa shape index (κ3) is 4.73. The van der Waals surface area contributed by atoms with Crippen molar-refractivity contribution in [1.29, 1.82) is 0 Å². The summed E-state index contributed by atoms with van der Waals surface area (Å²) in [6, 6.07) is 76.4. The molecule has 0 heterocycles. The Morgan fingerprint density at radius 1 is 0.345 bits per heavy atom. The van der Waals surface area contributed by atoms with Crippen molar-refractivity contribution >= 4 is 27.8 Å². The predicted molar refractivity (Wildman–Crippen MR) is 231 cm³/mol. The van der Waals surface area contributed by atoms with Crippen LogP contribution in [-0.4, -0.2) is 0 Å². The molecule has 1 spiro atoms. The number of rotatable bonds is 5. The van der Waals surface area contributed by atoms with Gasteiger partial charge in [-0.1, -0.05) is 175 Å². The summed E-state index contributed by atoms with van der Waals surface area (Å²) in [5, 5.41) is 2.58. The van der Waals surface area contributed by atoms with E-state index in [1.54, 1.807) is 0 Å². The van der Waals surface area contributed by atoms with Crippen LogP contribution in [0.5, 0.6) is 0 Å². The molecule has 0 amide bonds. The lowest BCUT2D eigenvalue weighted by Crippen LogP contribution is -2.26. The van der Waals surface area contributed by atoms with E-state index in [-0.39, 0.29) is 0 Å². The van der Waals surface area contributed by atoms with Gasteiger partial charge in [-0.2, -0.15) is 0 Å². The Morgan fingerprint density at radius 2 is 0.818 bits per heavy atom. The molecule has 2 aliphatic rings. The first-order chi connectivity index (χ1) is 27.2. The van der Waals surface area contributed by atoms with E-state index >= 15 is 0 Å². The summed E-state index contributed by atoms with van der Waals surface area (Å²) in [4.78, 5) is 2.43. The maximum absolute atomic E-state index is 2.49. The van der Waals surface area contributed by atoms with Gasteiger partial charge in [0.05, 0.1) is 5.41 Å². The molecule has 1 atom stereocenters. The third-order valence-electron chi connectivity index (χ3n) is 12.0. The van der Waals surface area contributed by atoms with Crippen LogP contribution in [0.25, 0.3) is 55.3 Å². The van der Waals surface area contributed by atoms with Gasteiger partial charge < -0.3 is 4.90 Å². The number of benzene rings is 9. The summed E-state index contributed by atoms with van der Waals surface area (Å²) >= 11 is 0. The average Bonchev–Trinajstić information content (AvgIpc) is 3.72. The normalized spacial score (nSPS) is 14.7. The minimum Gasteiger partial charge on any atom is -0.310 e. The summed E-state index contributed by atoms with van der Waals surface area (Å²) in [5.41, 5.74) is 19.7. The molecule has 0 fully saturated rings. The monoisotopic (exact) mass is 699 g/mol. The summed E-state index contributed by atoms with van der Waals surface area (Å²) in [7, 11) is 0. The number of nitrogens with zero attached hydrogens (tertiary/aromatic N) is 1. The van der Waals surface area contributed by atoms with Crippen LogP contribution in [0.15, 0.2) is 206 Å². The zero-order valence-corrected chi connectivity index (χ0v) is 30.6. The second kappa shape index (κ2) is 12.3. The molecule has 1 nitrogen and oxygen atoms in total. The maximum Gasteiger partial charge on any atom is 0.0732 e. The molecule has 0 bridgehead atoms. The highest BCUT2D eigenvalue weighted by Crippen LogP contribution is 2.64. The quantitative estimate of drug-likeness (QED) is 0.173. The molecule has 1 heteroatoms. The minimum atomic E-state index is -0.465. The fourth-order valence-corrected chi connectivity index (χ4v) is 9.48. The van der Waals surface area contributed by atoms with Crippen LogP contribution in [0.4, 0.5) is 17.1 Å². The average molecular weight is 700 g/mol. The molecule has 0 radical (unpaired) electrons. The van der Waals surface area contributed by atoms with Gasteiger partial charge in [0.15, 0.2) is 0 Å². The van der Waals surface area contributed by atoms with Crippen LogP contribution in [0, 0.1) is 6.92 Å². The summed E-state index contributed by atoms with van der Waals surface area (Å²) in [5.74, 6) is 0. The predicted octanol–water partition coefficient (Wildman–Crippen LogP) is 14.3. The van der Waals surface area contributed by atoms with Crippen molar-refractivity contribution in [3.8, 4) is 44.5 Å². The van der Waals surface area contributed by atoms with E-state index in [0.717, 1.165) is 17.1 Å². The molecule has 0 aromatic heterocycles. The van der Waals surface area contributed by atoms with Gasteiger partial charge in [-0.15, -0.1) is 0 Å². The van der Waals surface area contributed by atoms with Gasteiger partial charge in [-0.25, -0.2) is 0 Å². The Balaban J connectivity index is 1.15. The van der Waals surface area contributed by atoms with E-state index in [1.165, 1.54) is 83.1 Å². The molecular weight excluding hydrogens is 663 g/mol. The summed E-state index contributed by atoms with van der Waals surface area (Å²) in [6.45, 7) is 2.14. The molecule has 0 saturated carbocycles. The molecule has 0 N–H and O–H groups in total. The minimum absolute atomic E-state index is 0.465. The van der Waals surface area contributed by atoms with E-state index in [0.29, 0.717) is 0 Å². The third-order valence-corrected chi connectivity index (χ3v) is 12.0. The van der Waals surface area contributed by atoms with E-state index in [2.05, 4.69) is 218 Å². The lowest BCUT2D eigenvalue weighted by Gasteiger charge is -2.33. The zero-order chi connectivity index (χ0) is 36.5. The maximum atomic E-state index is 2.49. The van der Waals surface area contributed by atoms with Crippen molar-refractivity contribution < 1.29 is 0 Å². The molecule has 0 saturated heterocycles. The number of aryl methyl sites for hydroxylation is 1. The van der Waals surface area contributed by atoms with Crippen molar-refractivity contribution in [2.24, 2.45) is 0 Å². The van der Waals surface area contributed by atoms with Crippen molar-refractivity contribution in [2.75, 3.05) is 4.90 Å². The smallest absolute Gasteiger partial charge is 0.0732 e. The Bertz CT molecular complexity index is 2890. The first-order valence-corrected chi connectivity index (χ1v) is 19.2. The molecule has 258 valence electrons. The lowest BCUT2D eigenvalue weighted by atomic mass is 9.69. The molecule has 11 rings (SSSR count). The van der Waals surface area contributed by atoms with Crippen molar-refractivity contribution in [3.05, 3.63) is 234 Å². The SMILES string of the molecule is Cc1ccc(-c2ccc(N(c3ccc(-c4ccccc4)cc3)c3ccc4c(c3)C3(c5ccccc5-4)c4ccccc4-c4ccc5ccccc5c43)cc2)cc1. The Labute approximate surface area is 322 Å². The fourth-order valence-electron chi connectivity index (χ4n) is 9.48. The van der Waals surface area contributed by atoms with Gasteiger partial charge in [-0.05, 0) is 121 Å². The zero-order valence-electron chi connectivity index (χ0n) is 30.6. The molecule has 55 heavy (non-hydrogen) atoms. The first-order valence-electron chi connectivity index (χ1n) is 19.2. The number of hydrogen-bond donors (Lipinski definition) is 0. The fraction of sp³-hybridized carbons (Fsp3) is 0.0370. The molecule has 1 unspecified atom stereocenters. The van der Waals surface area contributed by atoms with Crippen LogP contribution in [0.2, 0.25) is 0 Å². The van der Waals surface area contributed by atoms with E-state index in [1.807, 2.05) is 0 Å². The lowest BCUT2D eigenvalue weighted by molar-refractivity contribution is 0.801. The Hall–Kier alpha value is -6.96. The highest BCUT2D eigenvalue weighted by atomic mass is 15.1. The van der Waals surface area contributed by atoms with Crippen LogP contribution >= 0.6 is 0 Å². The largest absolute Gasteiger partial charge is 0.310 e. The van der Waals surface area contributed by atoms with Gasteiger partial charge in [-0.3, -0.25) is 0 Å². The topological polar surface area (TPSA) is 3.24 Å². The van der Waals surface area contributed by atoms with E-state index in [9.17, 15) is 0 Å². The van der Waals surface area contributed by atoms with E-state index < -0.39 is 5.41 Å². The van der Waals surface area contributed by atoms with E-state index in [4.69, 9.17) is 0 Å². The highest BCUT2D eigenvalue weighted by molar-refractivity contribution is 6.04. The summed E-state index contributed by atoms with van der Waals surface area (Å²) in [6.07, 6.45) is 0. The van der Waals surface area contributed by atoms with Gasteiger partial charge in [0.1, 0.15) is 0 Å². The second-order valence-electron chi connectivity index (χ2n) is 14.9.